The van der Waals surface area contributed by atoms with Gasteiger partial charge in [0.15, 0.2) is 0 Å². The summed E-state index contributed by atoms with van der Waals surface area (Å²) in [5.74, 6) is -0.168. The highest BCUT2D eigenvalue weighted by Gasteiger charge is 2.14. The maximum Gasteiger partial charge on any atom is 0.257 e. The first-order valence-electron chi connectivity index (χ1n) is 9.00. The molecule has 0 fully saturated rings. The number of nitrogens with zero attached hydrogens (tertiary/aromatic N) is 1. The second kappa shape index (κ2) is 9.10. The molecule has 2 N–H and O–H groups in total. The summed E-state index contributed by atoms with van der Waals surface area (Å²) in [6, 6.07) is 16.2. The van der Waals surface area contributed by atoms with Gasteiger partial charge < -0.3 is 15.2 Å². The third-order valence-corrected chi connectivity index (χ3v) is 4.25. The van der Waals surface area contributed by atoms with Crippen molar-refractivity contribution in [3.8, 4) is 11.6 Å². The van der Waals surface area contributed by atoms with E-state index in [0.29, 0.717) is 18.7 Å². The van der Waals surface area contributed by atoms with Crippen LogP contribution in [0.2, 0.25) is 0 Å². The van der Waals surface area contributed by atoms with E-state index in [4.69, 9.17) is 4.74 Å². The highest BCUT2D eigenvalue weighted by molar-refractivity contribution is 5.96. The van der Waals surface area contributed by atoms with Crippen molar-refractivity contribution in [1.29, 1.82) is 0 Å². The van der Waals surface area contributed by atoms with Crippen LogP contribution >= 0.6 is 0 Å². The molecule has 1 aromatic heterocycles. The Balaban J connectivity index is 1.66. The predicted octanol–water partition coefficient (Wildman–Crippen LogP) is 4.39. The number of carbonyl (C=O) groups is 1. The lowest BCUT2D eigenvalue weighted by Crippen LogP contribution is -2.23. The number of halogens is 1. The molecule has 1 unspecified atom stereocenters. The Morgan fingerprint density at radius 2 is 1.86 bits per heavy atom. The third kappa shape index (κ3) is 4.92. The van der Waals surface area contributed by atoms with Gasteiger partial charge in [0, 0.05) is 12.7 Å². The minimum absolute atomic E-state index is 0.146. The van der Waals surface area contributed by atoms with Crippen LogP contribution in [0.5, 0.6) is 11.6 Å². The first-order valence-corrected chi connectivity index (χ1v) is 9.00. The van der Waals surface area contributed by atoms with Crippen molar-refractivity contribution >= 4 is 5.91 Å². The summed E-state index contributed by atoms with van der Waals surface area (Å²) in [5.41, 5.74) is 2.04. The van der Waals surface area contributed by atoms with E-state index in [0.717, 1.165) is 11.1 Å². The molecule has 1 amide bonds. The van der Waals surface area contributed by atoms with Crippen LogP contribution in [0.25, 0.3) is 0 Å². The van der Waals surface area contributed by atoms with Crippen molar-refractivity contribution in [2.24, 2.45) is 0 Å². The van der Waals surface area contributed by atoms with E-state index in [-0.39, 0.29) is 23.2 Å². The lowest BCUT2D eigenvalue weighted by atomic mass is 10.1. The Labute approximate surface area is 162 Å². The van der Waals surface area contributed by atoms with Gasteiger partial charge in [0.25, 0.3) is 5.91 Å². The molecule has 0 spiro atoms. The van der Waals surface area contributed by atoms with Gasteiger partial charge in [-0.05, 0) is 53.9 Å². The van der Waals surface area contributed by atoms with Crippen molar-refractivity contribution in [2.45, 2.75) is 26.0 Å². The number of aliphatic hydroxyl groups excluding tert-OH is 1. The highest BCUT2D eigenvalue weighted by Crippen LogP contribution is 2.23. The fraction of sp³-hybridized carbons (Fsp3) is 0.182. The fourth-order valence-electron chi connectivity index (χ4n) is 2.63. The molecule has 0 radical (unpaired) electrons. The zero-order valence-corrected chi connectivity index (χ0v) is 15.4. The van der Waals surface area contributed by atoms with Gasteiger partial charge in [0.2, 0.25) is 5.88 Å². The summed E-state index contributed by atoms with van der Waals surface area (Å²) >= 11 is 0. The molecule has 3 aromatic rings. The molecule has 2 aromatic carbocycles. The average Bonchev–Trinajstić information content (AvgIpc) is 2.74. The molecule has 0 aliphatic rings. The number of amides is 1. The lowest BCUT2D eigenvalue weighted by molar-refractivity contribution is 0.0948. The number of aliphatic hydroxyl groups is 1. The zero-order chi connectivity index (χ0) is 19.9. The maximum atomic E-state index is 13.0. The molecule has 1 atom stereocenters. The predicted molar refractivity (Wildman–Crippen MR) is 104 cm³/mol. The number of hydrogen-bond acceptors (Lipinski definition) is 4. The second-order valence-electron chi connectivity index (χ2n) is 6.26. The normalized spacial score (nSPS) is 11.7. The summed E-state index contributed by atoms with van der Waals surface area (Å²) in [6.07, 6.45) is 1.69. The van der Waals surface area contributed by atoms with Crippen molar-refractivity contribution < 1.29 is 19.0 Å². The van der Waals surface area contributed by atoms with Crippen LogP contribution < -0.4 is 10.1 Å². The standard InChI is InChI=1S/C22H21FN2O3/c1-2-20(26)16-7-5-15(6-8-16)14-25-21(27)19-4-3-13-24-22(19)28-18-11-9-17(23)10-12-18/h3-13,20,26H,2,14H2,1H3,(H,25,27). The van der Waals surface area contributed by atoms with Gasteiger partial charge in [-0.2, -0.15) is 0 Å². The summed E-state index contributed by atoms with van der Waals surface area (Å²) in [4.78, 5) is 16.7. The lowest BCUT2D eigenvalue weighted by Gasteiger charge is -2.11. The molecule has 3 rings (SSSR count). The quantitative estimate of drug-likeness (QED) is 0.638. The average molecular weight is 380 g/mol. The summed E-state index contributed by atoms with van der Waals surface area (Å²) in [5, 5.41) is 12.7. The van der Waals surface area contributed by atoms with Gasteiger partial charge in [-0.15, -0.1) is 0 Å². The first-order chi connectivity index (χ1) is 13.6. The van der Waals surface area contributed by atoms with Crippen molar-refractivity contribution in [1.82, 2.24) is 10.3 Å². The Morgan fingerprint density at radius 1 is 1.14 bits per heavy atom. The van der Waals surface area contributed by atoms with E-state index in [1.54, 1.807) is 12.1 Å². The molecule has 0 bridgehead atoms. The molecule has 0 aliphatic carbocycles. The van der Waals surface area contributed by atoms with E-state index in [1.807, 2.05) is 31.2 Å². The minimum Gasteiger partial charge on any atom is -0.438 e. The van der Waals surface area contributed by atoms with Gasteiger partial charge >= 0.3 is 0 Å². The monoisotopic (exact) mass is 380 g/mol. The van der Waals surface area contributed by atoms with Crippen LogP contribution in [0.1, 0.15) is 40.9 Å². The van der Waals surface area contributed by atoms with Crippen molar-refractivity contribution in [3.63, 3.8) is 0 Å². The molecular formula is C22H21FN2O3. The second-order valence-corrected chi connectivity index (χ2v) is 6.26. The van der Waals surface area contributed by atoms with E-state index < -0.39 is 6.10 Å². The number of nitrogens with one attached hydrogen (secondary N) is 1. The smallest absolute Gasteiger partial charge is 0.257 e. The van der Waals surface area contributed by atoms with Crippen LogP contribution in [0.4, 0.5) is 4.39 Å². The summed E-state index contributed by atoms with van der Waals surface area (Å²) in [7, 11) is 0. The van der Waals surface area contributed by atoms with Crippen LogP contribution in [-0.4, -0.2) is 16.0 Å². The SMILES string of the molecule is CCC(O)c1ccc(CNC(=O)c2cccnc2Oc2ccc(F)cc2)cc1. The molecule has 5 nitrogen and oxygen atoms in total. The topological polar surface area (TPSA) is 71.5 Å². The van der Waals surface area contributed by atoms with Crippen LogP contribution in [0.3, 0.4) is 0 Å². The third-order valence-electron chi connectivity index (χ3n) is 4.25. The van der Waals surface area contributed by atoms with E-state index >= 15 is 0 Å². The van der Waals surface area contributed by atoms with Gasteiger partial charge in [0.1, 0.15) is 17.1 Å². The largest absolute Gasteiger partial charge is 0.438 e. The van der Waals surface area contributed by atoms with E-state index in [9.17, 15) is 14.3 Å². The molecule has 1 heterocycles. The zero-order valence-electron chi connectivity index (χ0n) is 15.4. The molecule has 0 saturated carbocycles. The van der Waals surface area contributed by atoms with Gasteiger partial charge in [-0.3, -0.25) is 4.79 Å². The molecule has 144 valence electrons. The Hall–Kier alpha value is -3.25. The number of pyridine rings is 1. The maximum absolute atomic E-state index is 13.0. The van der Waals surface area contributed by atoms with Crippen LogP contribution in [0.15, 0.2) is 66.9 Å². The Kier molecular flexibility index (Phi) is 6.34. The van der Waals surface area contributed by atoms with Gasteiger partial charge in [0.05, 0.1) is 6.10 Å². The molecule has 0 saturated heterocycles. The minimum atomic E-state index is -0.481. The van der Waals surface area contributed by atoms with Crippen LogP contribution in [0, 0.1) is 5.82 Å². The Morgan fingerprint density at radius 3 is 2.54 bits per heavy atom. The van der Waals surface area contributed by atoms with E-state index in [1.165, 1.54) is 30.5 Å². The summed E-state index contributed by atoms with van der Waals surface area (Å²) < 4.78 is 18.7. The number of hydrogen-bond donors (Lipinski definition) is 2. The van der Waals surface area contributed by atoms with E-state index in [2.05, 4.69) is 10.3 Å². The number of ether oxygens (including phenoxy) is 1. The van der Waals surface area contributed by atoms with Crippen molar-refractivity contribution in [2.75, 3.05) is 0 Å². The highest BCUT2D eigenvalue weighted by atomic mass is 19.1. The number of aromatic nitrogens is 1. The number of carbonyl (C=O) groups excluding carboxylic acids is 1. The van der Waals surface area contributed by atoms with Crippen LogP contribution in [-0.2, 0) is 6.54 Å². The molecular weight excluding hydrogens is 359 g/mol. The van der Waals surface area contributed by atoms with Crippen molar-refractivity contribution in [3.05, 3.63) is 89.4 Å². The Bertz CT molecular complexity index is 927. The number of benzene rings is 2. The molecule has 28 heavy (non-hydrogen) atoms. The van der Waals surface area contributed by atoms with Gasteiger partial charge in [-0.1, -0.05) is 31.2 Å². The summed E-state index contributed by atoms with van der Waals surface area (Å²) in [6.45, 7) is 2.24. The van der Waals surface area contributed by atoms with Gasteiger partial charge in [-0.25, -0.2) is 9.37 Å². The molecule has 0 aliphatic heterocycles. The molecule has 6 heteroatoms. The fourth-order valence-corrected chi connectivity index (χ4v) is 2.63. The first kappa shape index (κ1) is 19.5. The number of rotatable bonds is 7.